The lowest BCUT2D eigenvalue weighted by Gasteiger charge is -2.41. The van der Waals surface area contributed by atoms with Gasteiger partial charge in [0.25, 0.3) is 0 Å². The van der Waals surface area contributed by atoms with E-state index >= 15 is 0 Å². The minimum Gasteiger partial charge on any atom is -0.480 e. The zero-order valence-corrected chi connectivity index (χ0v) is 10.2. The number of carboxylic acids is 1. The highest BCUT2D eigenvalue weighted by Gasteiger charge is 2.28. The van der Waals surface area contributed by atoms with Crippen LogP contribution in [-0.4, -0.2) is 70.9 Å². The fourth-order valence-corrected chi connectivity index (χ4v) is 2.95. The molecule has 0 amide bonds. The number of hydrogen-bond acceptors (Lipinski definition) is 4. The van der Waals surface area contributed by atoms with Gasteiger partial charge in [0, 0.05) is 25.7 Å². The van der Waals surface area contributed by atoms with Gasteiger partial charge in [-0.15, -0.1) is 0 Å². The second-order valence-corrected chi connectivity index (χ2v) is 5.19. The Hall–Kier alpha value is -0.650. The Kier molecular flexibility index (Phi) is 4.36. The van der Waals surface area contributed by atoms with E-state index in [4.69, 9.17) is 5.11 Å². The lowest BCUT2D eigenvalue weighted by Crippen LogP contribution is -2.50. The topological polar surface area (TPSA) is 64.0 Å². The molecule has 2 aliphatic rings. The normalized spacial score (nSPS) is 29.4. The summed E-state index contributed by atoms with van der Waals surface area (Å²) < 4.78 is 0. The van der Waals surface area contributed by atoms with Gasteiger partial charge in [0.1, 0.15) is 0 Å². The molecule has 0 unspecified atom stereocenters. The number of β-amino-alcohol motifs (C(OH)–C–C–N with tert-alkyl or cyclic N) is 1. The van der Waals surface area contributed by atoms with Crippen LogP contribution < -0.4 is 0 Å². The highest BCUT2D eigenvalue weighted by Crippen LogP contribution is 2.20. The molecule has 2 saturated heterocycles. The largest absolute Gasteiger partial charge is 0.480 e. The quantitative estimate of drug-likeness (QED) is 0.729. The molecule has 0 saturated carbocycles. The van der Waals surface area contributed by atoms with Crippen LogP contribution in [0.15, 0.2) is 0 Å². The monoisotopic (exact) mass is 242 g/mol. The van der Waals surface area contributed by atoms with Gasteiger partial charge in [0.15, 0.2) is 0 Å². The Morgan fingerprint density at radius 1 is 1.18 bits per heavy atom. The zero-order valence-electron chi connectivity index (χ0n) is 10.2. The van der Waals surface area contributed by atoms with Gasteiger partial charge < -0.3 is 10.2 Å². The van der Waals surface area contributed by atoms with Crippen LogP contribution in [0.5, 0.6) is 0 Å². The van der Waals surface area contributed by atoms with E-state index in [2.05, 4.69) is 4.90 Å². The van der Waals surface area contributed by atoms with E-state index in [-0.39, 0.29) is 12.6 Å². The molecule has 0 aromatic heterocycles. The summed E-state index contributed by atoms with van der Waals surface area (Å²) in [6.45, 7) is 3.77. The van der Waals surface area contributed by atoms with Crippen LogP contribution in [0, 0.1) is 0 Å². The van der Waals surface area contributed by atoms with E-state index in [0.717, 1.165) is 51.9 Å². The number of aliphatic carboxylic acids is 1. The van der Waals surface area contributed by atoms with Gasteiger partial charge in [0.2, 0.25) is 0 Å². The maximum Gasteiger partial charge on any atom is 0.317 e. The highest BCUT2D eigenvalue weighted by atomic mass is 16.4. The van der Waals surface area contributed by atoms with Crippen LogP contribution in [0.1, 0.15) is 25.7 Å². The van der Waals surface area contributed by atoms with Crippen molar-refractivity contribution < 1.29 is 15.0 Å². The van der Waals surface area contributed by atoms with Crippen LogP contribution in [0.2, 0.25) is 0 Å². The lowest BCUT2D eigenvalue weighted by atomic mass is 9.99. The first-order valence-electron chi connectivity index (χ1n) is 6.51. The lowest BCUT2D eigenvalue weighted by molar-refractivity contribution is -0.138. The second kappa shape index (κ2) is 5.80. The van der Waals surface area contributed by atoms with Crippen LogP contribution in [-0.2, 0) is 4.79 Å². The van der Waals surface area contributed by atoms with Crippen molar-refractivity contribution in [3.63, 3.8) is 0 Å². The first-order valence-corrected chi connectivity index (χ1v) is 6.51. The Morgan fingerprint density at radius 3 is 2.47 bits per heavy atom. The third-order valence-electron chi connectivity index (χ3n) is 3.86. The molecule has 5 nitrogen and oxygen atoms in total. The summed E-state index contributed by atoms with van der Waals surface area (Å²) in [7, 11) is 0. The number of hydrogen-bond donors (Lipinski definition) is 2. The average molecular weight is 242 g/mol. The molecule has 2 aliphatic heterocycles. The minimum absolute atomic E-state index is 0.162. The van der Waals surface area contributed by atoms with Crippen LogP contribution in [0.3, 0.4) is 0 Å². The van der Waals surface area contributed by atoms with Gasteiger partial charge in [-0.05, 0) is 32.2 Å². The minimum atomic E-state index is -0.739. The van der Waals surface area contributed by atoms with Crippen molar-refractivity contribution in [1.29, 1.82) is 0 Å². The van der Waals surface area contributed by atoms with Gasteiger partial charge in [-0.25, -0.2) is 0 Å². The molecule has 2 fully saturated rings. The SMILES string of the molecule is O=C(O)CN1CCC(N2CCC[C@@H](O)C2)CC1. The molecule has 2 heterocycles. The molecule has 2 rings (SSSR count). The van der Waals surface area contributed by atoms with Gasteiger partial charge in [0.05, 0.1) is 12.6 Å². The van der Waals surface area contributed by atoms with Crippen LogP contribution in [0.25, 0.3) is 0 Å². The molecule has 0 radical (unpaired) electrons. The van der Waals surface area contributed by atoms with Gasteiger partial charge in [-0.1, -0.05) is 0 Å². The van der Waals surface area contributed by atoms with E-state index < -0.39 is 5.97 Å². The molecule has 0 spiro atoms. The number of piperidine rings is 2. The Balaban J connectivity index is 1.76. The van der Waals surface area contributed by atoms with E-state index in [0.29, 0.717) is 6.04 Å². The van der Waals surface area contributed by atoms with Crippen molar-refractivity contribution in [2.45, 2.75) is 37.8 Å². The summed E-state index contributed by atoms with van der Waals surface area (Å²) in [5, 5.41) is 18.4. The third-order valence-corrected chi connectivity index (χ3v) is 3.86. The smallest absolute Gasteiger partial charge is 0.317 e. The number of rotatable bonds is 3. The molecule has 2 N–H and O–H groups in total. The first kappa shape index (κ1) is 12.8. The summed E-state index contributed by atoms with van der Waals surface area (Å²) in [6, 6.07) is 0.537. The maximum absolute atomic E-state index is 10.6. The Bertz CT molecular complexity index is 264. The van der Waals surface area contributed by atoms with Gasteiger partial charge in [-0.3, -0.25) is 14.6 Å². The maximum atomic E-state index is 10.6. The third kappa shape index (κ3) is 3.66. The van der Waals surface area contributed by atoms with E-state index in [1.807, 2.05) is 4.90 Å². The number of carbonyl (C=O) groups is 1. The number of carboxylic acid groups (broad SMARTS) is 1. The molecule has 0 bridgehead atoms. The van der Waals surface area contributed by atoms with Crippen molar-refractivity contribution in [1.82, 2.24) is 9.80 Å². The zero-order chi connectivity index (χ0) is 12.3. The van der Waals surface area contributed by atoms with Crippen molar-refractivity contribution in [3.05, 3.63) is 0 Å². The standard InChI is InChI=1S/C12H22N2O3/c15-11-2-1-5-14(8-11)10-3-6-13(7-4-10)9-12(16)17/h10-11,15H,1-9H2,(H,16,17)/t11-/m1/s1. The molecule has 0 aromatic carbocycles. The summed E-state index contributed by atoms with van der Waals surface area (Å²) in [5.74, 6) is -0.739. The van der Waals surface area contributed by atoms with Crippen molar-refractivity contribution >= 4 is 5.97 Å². The van der Waals surface area contributed by atoms with Gasteiger partial charge in [-0.2, -0.15) is 0 Å². The highest BCUT2D eigenvalue weighted by molar-refractivity contribution is 5.69. The molecule has 1 atom stereocenters. The summed E-state index contributed by atoms with van der Waals surface area (Å²) in [4.78, 5) is 15.0. The van der Waals surface area contributed by atoms with Crippen molar-refractivity contribution in [2.75, 3.05) is 32.7 Å². The van der Waals surface area contributed by atoms with E-state index in [9.17, 15) is 9.90 Å². The van der Waals surface area contributed by atoms with Crippen molar-refractivity contribution in [2.24, 2.45) is 0 Å². The van der Waals surface area contributed by atoms with Crippen LogP contribution in [0.4, 0.5) is 0 Å². The van der Waals surface area contributed by atoms with E-state index in [1.54, 1.807) is 0 Å². The predicted molar refractivity (Wildman–Crippen MR) is 63.9 cm³/mol. The molecular formula is C12H22N2O3. The number of aliphatic hydroxyl groups is 1. The molecular weight excluding hydrogens is 220 g/mol. The fourth-order valence-electron chi connectivity index (χ4n) is 2.95. The van der Waals surface area contributed by atoms with Crippen molar-refractivity contribution in [3.8, 4) is 0 Å². The number of likely N-dealkylation sites (tertiary alicyclic amines) is 2. The predicted octanol–water partition coefficient (Wildman–Crippen LogP) is -0.00790. The molecule has 98 valence electrons. The second-order valence-electron chi connectivity index (χ2n) is 5.19. The molecule has 0 aromatic rings. The first-order chi connectivity index (χ1) is 8.15. The summed E-state index contributed by atoms with van der Waals surface area (Å²) in [5.41, 5.74) is 0. The Labute approximate surface area is 102 Å². The van der Waals surface area contributed by atoms with E-state index in [1.165, 1.54) is 0 Å². The molecule has 0 aliphatic carbocycles. The average Bonchev–Trinajstić information content (AvgIpc) is 2.29. The summed E-state index contributed by atoms with van der Waals surface area (Å²) >= 11 is 0. The van der Waals surface area contributed by atoms with Crippen LogP contribution >= 0.6 is 0 Å². The summed E-state index contributed by atoms with van der Waals surface area (Å²) in [6.07, 6.45) is 3.89. The molecule has 17 heavy (non-hydrogen) atoms. The number of nitrogens with zero attached hydrogens (tertiary/aromatic N) is 2. The van der Waals surface area contributed by atoms with Gasteiger partial charge >= 0.3 is 5.97 Å². The molecule has 5 heteroatoms. The number of aliphatic hydroxyl groups excluding tert-OH is 1. The Morgan fingerprint density at radius 2 is 1.88 bits per heavy atom. The fraction of sp³-hybridized carbons (Fsp3) is 0.917.